The summed E-state index contributed by atoms with van der Waals surface area (Å²) in [4.78, 5) is 13.1. The Morgan fingerprint density at radius 3 is 2.42 bits per heavy atom. The zero-order chi connectivity index (χ0) is 14.0. The summed E-state index contributed by atoms with van der Waals surface area (Å²) >= 11 is 0. The number of nitrogens with zero attached hydrogens (tertiary/aromatic N) is 1. The molecule has 0 spiro atoms. The predicted molar refractivity (Wildman–Crippen MR) is 76.3 cm³/mol. The zero-order valence-electron chi connectivity index (χ0n) is 12.1. The highest BCUT2D eigenvalue weighted by atomic mass is 16.4. The van der Waals surface area contributed by atoms with Crippen LogP contribution in [0.15, 0.2) is 12.1 Å². The molecule has 0 bridgehead atoms. The molecule has 0 unspecified atom stereocenters. The van der Waals surface area contributed by atoms with Gasteiger partial charge in [-0.15, -0.1) is 0 Å². The van der Waals surface area contributed by atoms with Gasteiger partial charge in [-0.3, -0.25) is 9.69 Å². The van der Waals surface area contributed by atoms with Crippen molar-refractivity contribution in [2.75, 3.05) is 6.54 Å². The maximum atomic E-state index is 10.7. The Balaban J connectivity index is 2.08. The van der Waals surface area contributed by atoms with Gasteiger partial charge in [0.15, 0.2) is 0 Å². The highest BCUT2D eigenvalue weighted by Crippen LogP contribution is 2.29. The van der Waals surface area contributed by atoms with Crippen LogP contribution in [0.3, 0.4) is 0 Å². The van der Waals surface area contributed by atoms with Crippen molar-refractivity contribution in [2.24, 2.45) is 0 Å². The van der Waals surface area contributed by atoms with Crippen molar-refractivity contribution in [3.63, 3.8) is 0 Å². The molecule has 0 aromatic heterocycles. The topological polar surface area (TPSA) is 40.5 Å². The first-order valence-corrected chi connectivity index (χ1v) is 7.00. The number of carboxylic acids is 1. The lowest BCUT2D eigenvalue weighted by Crippen LogP contribution is -2.28. The van der Waals surface area contributed by atoms with Crippen molar-refractivity contribution >= 4 is 5.97 Å². The largest absolute Gasteiger partial charge is 0.481 e. The van der Waals surface area contributed by atoms with Crippen molar-refractivity contribution in [3.8, 4) is 0 Å². The minimum absolute atomic E-state index is 0.236. The molecule has 1 aliphatic rings. The van der Waals surface area contributed by atoms with Crippen LogP contribution in [0.25, 0.3) is 0 Å². The highest BCUT2D eigenvalue weighted by Gasteiger charge is 2.29. The molecule has 1 fully saturated rings. The molecule has 0 aliphatic heterocycles. The zero-order valence-corrected chi connectivity index (χ0v) is 12.1. The van der Waals surface area contributed by atoms with Crippen LogP contribution in [-0.4, -0.2) is 28.6 Å². The van der Waals surface area contributed by atoms with E-state index in [1.807, 2.05) is 0 Å². The second-order valence-electron chi connectivity index (χ2n) is 5.71. The standard InChI is InChI=1S/C16H23NO2/c1-11-8-13(3)14(9-12(11)2)10-17(15-4-5-15)7-6-16(18)19/h8-9,15H,4-7,10H2,1-3H3,(H,18,19). The third kappa shape index (κ3) is 3.80. The van der Waals surface area contributed by atoms with Gasteiger partial charge in [-0.25, -0.2) is 0 Å². The Labute approximate surface area is 115 Å². The van der Waals surface area contributed by atoms with Crippen LogP contribution in [0.1, 0.15) is 41.5 Å². The van der Waals surface area contributed by atoms with Gasteiger partial charge in [0.05, 0.1) is 6.42 Å². The van der Waals surface area contributed by atoms with E-state index in [2.05, 4.69) is 37.8 Å². The van der Waals surface area contributed by atoms with Crippen molar-refractivity contribution in [2.45, 2.75) is 52.6 Å². The van der Waals surface area contributed by atoms with Crippen molar-refractivity contribution in [3.05, 3.63) is 34.4 Å². The van der Waals surface area contributed by atoms with E-state index < -0.39 is 5.97 Å². The van der Waals surface area contributed by atoms with E-state index >= 15 is 0 Å². The quantitative estimate of drug-likeness (QED) is 0.855. The van der Waals surface area contributed by atoms with Crippen LogP contribution in [-0.2, 0) is 11.3 Å². The summed E-state index contributed by atoms with van der Waals surface area (Å²) in [5.74, 6) is -0.706. The van der Waals surface area contributed by atoms with E-state index in [9.17, 15) is 4.79 Å². The number of hydrogen-bond donors (Lipinski definition) is 1. The minimum atomic E-state index is -0.706. The Hall–Kier alpha value is -1.35. The van der Waals surface area contributed by atoms with Crippen LogP contribution < -0.4 is 0 Å². The minimum Gasteiger partial charge on any atom is -0.481 e. The van der Waals surface area contributed by atoms with Crippen LogP contribution >= 0.6 is 0 Å². The summed E-state index contributed by atoms with van der Waals surface area (Å²) in [6.07, 6.45) is 2.66. The number of aliphatic carboxylic acids is 1. The van der Waals surface area contributed by atoms with E-state index in [0.717, 1.165) is 6.54 Å². The van der Waals surface area contributed by atoms with E-state index in [0.29, 0.717) is 12.6 Å². The first-order valence-electron chi connectivity index (χ1n) is 7.00. The molecule has 0 radical (unpaired) electrons. The fraction of sp³-hybridized carbons (Fsp3) is 0.562. The second kappa shape index (κ2) is 5.74. The Morgan fingerprint density at radius 2 is 1.84 bits per heavy atom. The molecule has 104 valence electrons. The predicted octanol–water partition coefficient (Wildman–Crippen LogP) is 3.05. The maximum absolute atomic E-state index is 10.7. The van der Waals surface area contributed by atoms with Crippen LogP contribution in [0.5, 0.6) is 0 Å². The van der Waals surface area contributed by atoms with E-state index in [1.54, 1.807) is 0 Å². The lowest BCUT2D eigenvalue weighted by atomic mass is 10.0. The maximum Gasteiger partial charge on any atom is 0.304 e. The molecule has 0 atom stereocenters. The lowest BCUT2D eigenvalue weighted by molar-refractivity contribution is -0.137. The monoisotopic (exact) mass is 261 g/mol. The molecule has 3 heteroatoms. The molecule has 0 saturated heterocycles. The van der Waals surface area contributed by atoms with Gasteiger partial charge in [-0.1, -0.05) is 12.1 Å². The molecular formula is C16H23NO2. The highest BCUT2D eigenvalue weighted by molar-refractivity contribution is 5.66. The summed E-state index contributed by atoms with van der Waals surface area (Å²) in [7, 11) is 0. The van der Waals surface area contributed by atoms with Crippen molar-refractivity contribution < 1.29 is 9.90 Å². The summed E-state index contributed by atoms with van der Waals surface area (Å²) in [6, 6.07) is 5.08. The molecule has 1 aromatic carbocycles. The molecule has 1 saturated carbocycles. The molecule has 3 nitrogen and oxygen atoms in total. The Morgan fingerprint density at radius 1 is 1.21 bits per heavy atom. The number of carbonyl (C=O) groups is 1. The van der Waals surface area contributed by atoms with Gasteiger partial charge in [0.25, 0.3) is 0 Å². The summed E-state index contributed by atoms with van der Waals surface area (Å²) in [5, 5.41) is 8.84. The fourth-order valence-electron chi connectivity index (χ4n) is 2.48. The molecule has 0 heterocycles. The molecule has 0 amide bonds. The van der Waals surface area contributed by atoms with Gasteiger partial charge in [0.2, 0.25) is 0 Å². The van der Waals surface area contributed by atoms with Crippen LogP contribution in [0.2, 0.25) is 0 Å². The van der Waals surface area contributed by atoms with E-state index in [-0.39, 0.29) is 6.42 Å². The van der Waals surface area contributed by atoms with E-state index in [4.69, 9.17) is 5.11 Å². The molecule has 1 N–H and O–H groups in total. The first kappa shape index (κ1) is 14.1. The normalized spacial score (nSPS) is 14.9. The van der Waals surface area contributed by atoms with Crippen molar-refractivity contribution in [1.29, 1.82) is 0 Å². The van der Waals surface area contributed by atoms with Gasteiger partial charge in [0, 0.05) is 19.1 Å². The average molecular weight is 261 g/mol. The van der Waals surface area contributed by atoms with E-state index in [1.165, 1.54) is 35.1 Å². The third-order valence-electron chi connectivity index (χ3n) is 4.00. The summed E-state index contributed by atoms with van der Waals surface area (Å²) in [5.41, 5.74) is 5.28. The van der Waals surface area contributed by atoms with Gasteiger partial charge >= 0.3 is 5.97 Å². The van der Waals surface area contributed by atoms with Gasteiger partial charge in [-0.2, -0.15) is 0 Å². The van der Waals surface area contributed by atoms with Gasteiger partial charge in [-0.05, 0) is 55.9 Å². The smallest absolute Gasteiger partial charge is 0.304 e. The number of carboxylic acid groups (broad SMARTS) is 1. The average Bonchev–Trinajstić information content (AvgIpc) is 3.14. The number of rotatable bonds is 6. The third-order valence-corrected chi connectivity index (χ3v) is 4.00. The SMILES string of the molecule is Cc1cc(C)c(CN(CCC(=O)O)C2CC2)cc1C. The van der Waals surface area contributed by atoms with Crippen LogP contribution in [0, 0.1) is 20.8 Å². The molecule has 2 rings (SSSR count). The summed E-state index contributed by atoms with van der Waals surface area (Å²) in [6.45, 7) is 7.95. The molecule has 1 aromatic rings. The Bertz CT molecular complexity index is 478. The van der Waals surface area contributed by atoms with Gasteiger partial charge in [0.1, 0.15) is 0 Å². The molecule has 1 aliphatic carbocycles. The number of aryl methyl sites for hydroxylation is 3. The number of hydrogen-bond acceptors (Lipinski definition) is 2. The Kier molecular flexibility index (Phi) is 4.25. The molecular weight excluding hydrogens is 238 g/mol. The first-order chi connectivity index (χ1) is 8.97. The van der Waals surface area contributed by atoms with Crippen LogP contribution in [0.4, 0.5) is 0 Å². The fourth-order valence-corrected chi connectivity index (χ4v) is 2.48. The number of benzene rings is 1. The summed E-state index contributed by atoms with van der Waals surface area (Å²) < 4.78 is 0. The van der Waals surface area contributed by atoms with Gasteiger partial charge < -0.3 is 5.11 Å². The van der Waals surface area contributed by atoms with Crippen molar-refractivity contribution in [1.82, 2.24) is 4.90 Å². The second-order valence-corrected chi connectivity index (χ2v) is 5.71. The molecule has 19 heavy (non-hydrogen) atoms. The lowest BCUT2D eigenvalue weighted by Gasteiger charge is -2.23.